The molecule has 0 saturated carbocycles. The summed E-state index contributed by atoms with van der Waals surface area (Å²) in [7, 11) is 1.52. The number of carbonyl (C=O) groups excluding carboxylic acids is 2. The van der Waals surface area contributed by atoms with Crippen LogP contribution in [0.5, 0.6) is 0 Å². The Balaban J connectivity index is 2.75. The summed E-state index contributed by atoms with van der Waals surface area (Å²) < 4.78 is 4.73. The van der Waals surface area contributed by atoms with Crippen LogP contribution < -0.4 is 10.6 Å². The normalized spacial score (nSPS) is 9.33. The smallest absolute Gasteiger partial charge is 0.338 e. The van der Waals surface area contributed by atoms with Gasteiger partial charge in [-0.05, 0) is 12.1 Å². The molecular formula is C13H13N3O5. The summed E-state index contributed by atoms with van der Waals surface area (Å²) >= 11 is 0. The molecule has 0 fully saturated rings. The second-order valence-corrected chi connectivity index (χ2v) is 3.80. The van der Waals surface area contributed by atoms with Crippen molar-refractivity contribution in [2.45, 2.75) is 0 Å². The van der Waals surface area contributed by atoms with Crippen molar-refractivity contribution in [1.82, 2.24) is 5.32 Å². The van der Waals surface area contributed by atoms with Gasteiger partial charge in [-0.1, -0.05) is 5.92 Å². The van der Waals surface area contributed by atoms with E-state index in [9.17, 15) is 19.7 Å². The third kappa shape index (κ3) is 4.50. The molecule has 0 heterocycles. The maximum Gasteiger partial charge on any atom is 0.338 e. The molecule has 0 saturated heterocycles. The molecule has 0 aromatic heterocycles. The van der Waals surface area contributed by atoms with E-state index in [1.54, 1.807) is 0 Å². The lowest BCUT2D eigenvalue weighted by Gasteiger charge is -2.06. The molecule has 1 aromatic rings. The van der Waals surface area contributed by atoms with Gasteiger partial charge in [-0.3, -0.25) is 14.9 Å². The van der Waals surface area contributed by atoms with Crippen LogP contribution in [0.2, 0.25) is 0 Å². The second-order valence-electron chi connectivity index (χ2n) is 3.80. The lowest BCUT2D eigenvalue weighted by atomic mass is 10.1. The maximum atomic E-state index is 11.7. The Morgan fingerprint density at radius 2 is 2.19 bits per heavy atom. The number of nitrogens with one attached hydrogen (secondary N) is 2. The number of nitro benzene ring substituents is 1. The van der Waals surface area contributed by atoms with E-state index in [-0.39, 0.29) is 23.5 Å². The summed E-state index contributed by atoms with van der Waals surface area (Å²) in [6.45, 7) is -0.485. The van der Waals surface area contributed by atoms with E-state index in [1.807, 2.05) is 0 Å². The minimum absolute atomic E-state index is 0.0227. The number of esters is 1. The second kappa shape index (κ2) is 7.49. The molecule has 0 radical (unpaired) electrons. The molecule has 1 amide bonds. The average molecular weight is 291 g/mol. The summed E-state index contributed by atoms with van der Waals surface area (Å²) in [6.07, 6.45) is 4.95. The Kier molecular flexibility index (Phi) is 5.70. The van der Waals surface area contributed by atoms with Crippen LogP contribution in [0, 0.1) is 22.5 Å². The van der Waals surface area contributed by atoms with Crippen LogP contribution in [-0.4, -0.2) is 37.0 Å². The van der Waals surface area contributed by atoms with Crippen LogP contribution in [0.3, 0.4) is 0 Å². The molecule has 0 bridgehead atoms. The standard InChI is InChI=1S/C13H13N3O5/c1-3-6-15-12(17)8-21-13(18)9-4-5-10(14-2)11(7-9)16(19)20/h1,4-5,7,14H,6,8H2,2H3,(H,15,17). The number of anilines is 1. The van der Waals surface area contributed by atoms with Gasteiger partial charge >= 0.3 is 5.97 Å². The van der Waals surface area contributed by atoms with Crippen molar-refractivity contribution >= 4 is 23.3 Å². The van der Waals surface area contributed by atoms with Crippen LogP contribution in [-0.2, 0) is 9.53 Å². The SMILES string of the molecule is C#CCNC(=O)COC(=O)c1ccc(NC)c([N+](=O)[O-])c1. The highest BCUT2D eigenvalue weighted by molar-refractivity contribution is 5.93. The van der Waals surface area contributed by atoms with Crippen molar-refractivity contribution in [3.63, 3.8) is 0 Å². The third-order valence-electron chi connectivity index (χ3n) is 2.42. The maximum absolute atomic E-state index is 11.7. The molecule has 0 unspecified atom stereocenters. The van der Waals surface area contributed by atoms with E-state index in [2.05, 4.69) is 16.6 Å². The largest absolute Gasteiger partial charge is 0.452 e. The van der Waals surface area contributed by atoms with Crippen LogP contribution in [0.25, 0.3) is 0 Å². The van der Waals surface area contributed by atoms with Gasteiger partial charge in [0.2, 0.25) is 0 Å². The minimum Gasteiger partial charge on any atom is -0.452 e. The lowest BCUT2D eigenvalue weighted by molar-refractivity contribution is -0.384. The van der Waals surface area contributed by atoms with Gasteiger partial charge in [0.05, 0.1) is 17.0 Å². The van der Waals surface area contributed by atoms with Crippen LogP contribution in [0.4, 0.5) is 11.4 Å². The van der Waals surface area contributed by atoms with E-state index in [0.717, 1.165) is 6.07 Å². The molecule has 21 heavy (non-hydrogen) atoms. The summed E-state index contributed by atoms with van der Waals surface area (Å²) in [4.78, 5) is 33.2. The zero-order chi connectivity index (χ0) is 15.8. The predicted octanol–water partition coefficient (Wildman–Crippen LogP) is 0.543. The van der Waals surface area contributed by atoms with Crippen molar-refractivity contribution in [2.75, 3.05) is 25.5 Å². The molecule has 0 spiro atoms. The number of hydrogen-bond acceptors (Lipinski definition) is 6. The number of ether oxygens (including phenoxy) is 1. The van der Waals surface area contributed by atoms with Gasteiger partial charge in [0.1, 0.15) is 5.69 Å². The van der Waals surface area contributed by atoms with Gasteiger partial charge < -0.3 is 15.4 Å². The molecule has 1 rings (SSSR count). The first-order chi connectivity index (χ1) is 9.99. The fraction of sp³-hybridized carbons (Fsp3) is 0.231. The Hall–Kier alpha value is -3.08. The summed E-state index contributed by atoms with van der Waals surface area (Å²) in [5.74, 6) is 0.807. The Morgan fingerprint density at radius 1 is 1.48 bits per heavy atom. The molecule has 0 aliphatic heterocycles. The van der Waals surface area contributed by atoms with Gasteiger partial charge in [-0.15, -0.1) is 6.42 Å². The first-order valence-electron chi connectivity index (χ1n) is 5.83. The quantitative estimate of drug-likeness (QED) is 0.342. The molecule has 2 N–H and O–H groups in total. The molecule has 8 nitrogen and oxygen atoms in total. The number of amides is 1. The summed E-state index contributed by atoms with van der Waals surface area (Å²) in [5.41, 5.74) is -0.0162. The third-order valence-corrected chi connectivity index (χ3v) is 2.42. The van der Waals surface area contributed by atoms with E-state index in [4.69, 9.17) is 11.2 Å². The van der Waals surface area contributed by atoms with E-state index >= 15 is 0 Å². The fourth-order valence-corrected chi connectivity index (χ4v) is 1.44. The van der Waals surface area contributed by atoms with Crippen LogP contribution >= 0.6 is 0 Å². The molecule has 0 atom stereocenters. The van der Waals surface area contributed by atoms with Crippen molar-refractivity contribution in [2.24, 2.45) is 0 Å². The van der Waals surface area contributed by atoms with Crippen molar-refractivity contribution in [3.05, 3.63) is 33.9 Å². The fourth-order valence-electron chi connectivity index (χ4n) is 1.44. The highest BCUT2D eigenvalue weighted by Gasteiger charge is 2.18. The Bertz CT molecular complexity index is 606. The van der Waals surface area contributed by atoms with E-state index in [0.29, 0.717) is 0 Å². The molecule has 8 heteroatoms. The van der Waals surface area contributed by atoms with Crippen molar-refractivity contribution in [1.29, 1.82) is 0 Å². The number of carbonyl (C=O) groups is 2. The topological polar surface area (TPSA) is 111 Å². The van der Waals surface area contributed by atoms with Crippen molar-refractivity contribution < 1.29 is 19.2 Å². The highest BCUT2D eigenvalue weighted by atomic mass is 16.6. The molecule has 1 aromatic carbocycles. The number of benzene rings is 1. The number of hydrogen-bond donors (Lipinski definition) is 2. The minimum atomic E-state index is -0.836. The van der Waals surface area contributed by atoms with Gasteiger partial charge in [0, 0.05) is 13.1 Å². The van der Waals surface area contributed by atoms with Gasteiger partial charge in [-0.25, -0.2) is 4.79 Å². The highest BCUT2D eigenvalue weighted by Crippen LogP contribution is 2.25. The van der Waals surface area contributed by atoms with Gasteiger partial charge in [-0.2, -0.15) is 0 Å². The summed E-state index contributed by atoms with van der Waals surface area (Å²) in [6, 6.07) is 3.82. The Morgan fingerprint density at radius 3 is 2.76 bits per heavy atom. The Labute approximate surface area is 120 Å². The van der Waals surface area contributed by atoms with Crippen LogP contribution in [0.1, 0.15) is 10.4 Å². The number of rotatable bonds is 6. The zero-order valence-corrected chi connectivity index (χ0v) is 11.2. The number of nitrogens with zero attached hydrogens (tertiary/aromatic N) is 1. The molecule has 0 aliphatic rings. The number of nitro groups is 1. The first kappa shape index (κ1) is 16.0. The first-order valence-corrected chi connectivity index (χ1v) is 5.83. The lowest BCUT2D eigenvalue weighted by Crippen LogP contribution is -2.29. The van der Waals surface area contributed by atoms with Gasteiger partial charge in [0.15, 0.2) is 6.61 Å². The van der Waals surface area contributed by atoms with E-state index in [1.165, 1.54) is 19.2 Å². The van der Waals surface area contributed by atoms with Gasteiger partial charge in [0.25, 0.3) is 11.6 Å². The van der Waals surface area contributed by atoms with Crippen LogP contribution in [0.15, 0.2) is 18.2 Å². The summed E-state index contributed by atoms with van der Waals surface area (Å²) in [5, 5.41) is 15.8. The zero-order valence-electron chi connectivity index (χ0n) is 11.2. The van der Waals surface area contributed by atoms with E-state index < -0.39 is 23.4 Å². The molecule has 0 aliphatic carbocycles. The predicted molar refractivity (Wildman–Crippen MR) is 74.8 cm³/mol. The number of terminal acetylenes is 1. The molecular weight excluding hydrogens is 278 g/mol. The van der Waals surface area contributed by atoms with Crippen molar-refractivity contribution in [3.8, 4) is 12.3 Å². The monoisotopic (exact) mass is 291 g/mol. The molecule has 110 valence electrons. The average Bonchev–Trinajstić information content (AvgIpc) is 2.49.